The van der Waals surface area contributed by atoms with Gasteiger partial charge in [-0.3, -0.25) is 4.55 Å². The zero-order chi connectivity index (χ0) is 17.0. The Kier molecular flexibility index (Phi) is 5.08. The average molecular weight is 360 g/mol. The number of hydrogen-bond donors (Lipinski definition) is 1. The second-order valence-corrected chi connectivity index (χ2v) is 8.08. The third-order valence-electron chi connectivity index (χ3n) is 3.64. The van der Waals surface area contributed by atoms with Crippen molar-refractivity contribution in [2.45, 2.75) is 13.0 Å². The van der Waals surface area contributed by atoms with Crippen LogP contribution >= 0.6 is 11.3 Å². The number of fused-ring (bicyclic) bond motifs is 1. The lowest BCUT2D eigenvalue weighted by Crippen LogP contribution is -2.35. The van der Waals surface area contributed by atoms with E-state index in [2.05, 4.69) is 10.6 Å². The Hall–Kier alpha value is -2.02. The maximum absolute atomic E-state index is 11.0. The molecule has 0 saturated carbocycles. The van der Waals surface area contributed by atoms with Crippen LogP contribution in [0.5, 0.6) is 0 Å². The number of nitrogens with zero attached hydrogens (tertiary/aromatic N) is 1. The number of hydrogen-bond acceptors (Lipinski definition) is 3. The Morgan fingerprint density at radius 1 is 1.00 bits per heavy atom. The lowest BCUT2D eigenvalue weighted by molar-refractivity contribution is -0.668. The fourth-order valence-corrected chi connectivity index (χ4v) is 4.13. The van der Waals surface area contributed by atoms with Crippen LogP contribution in [0, 0.1) is 0 Å². The minimum atomic E-state index is -3.93. The Balaban J connectivity index is 1.91. The van der Waals surface area contributed by atoms with Crippen molar-refractivity contribution in [2.75, 3.05) is 5.75 Å². The summed E-state index contributed by atoms with van der Waals surface area (Å²) in [6.45, 7) is 0.540. The molecule has 1 N–H and O–H groups in total. The molecule has 3 rings (SSSR count). The molecule has 1 heterocycles. The molecule has 3 aromatic rings. The second-order valence-electron chi connectivity index (χ2n) is 5.44. The van der Waals surface area contributed by atoms with Gasteiger partial charge in [0, 0.05) is 18.6 Å². The quantitative estimate of drug-likeness (QED) is 0.539. The third kappa shape index (κ3) is 4.29. The molecule has 0 aliphatic heterocycles. The SMILES string of the molecule is O=S(=O)(O)CCC[n+]1c(C=Cc2ccccc2)sc2ccccc21. The van der Waals surface area contributed by atoms with Crippen molar-refractivity contribution in [1.29, 1.82) is 0 Å². The molecule has 2 aromatic carbocycles. The monoisotopic (exact) mass is 360 g/mol. The molecule has 6 heteroatoms. The van der Waals surface area contributed by atoms with Crippen molar-refractivity contribution >= 4 is 43.8 Å². The standard InChI is InChI=1S/C18H17NO3S2/c20-24(21,22)14-6-13-19-16-9-4-5-10-17(16)23-18(19)12-11-15-7-2-1-3-8-15/h1-5,7-12H,6,13-14H2/p+1. The van der Waals surface area contributed by atoms with Gasteiger partial charge < -0.3 is 0 Å². The highest BCUT2D eigenvalue weighted by Gasteiger charge is 2.18. The number of aromatic nitrogens is 1. The molecular formula is C18H18NO3S2+. The van der Waals surface area contributed by atoms with Crippen LogP contribution < -0.4 is 4.57 Å². The lowest BCUT2D eigenvalue weighted by atomic mass is 10.2. The first-order chi connectivity index (χ1) is 11.5. The molecule has 0 aliphatic carbocycles. The summed E-state index contributed by atoms with van der Waals surface area (Å²) in [6, 6.07) is 18.1. The minimum Gasteiger partial charge on any atom is -0.286 e. The van der Waals surface area contributed by atoms with Gasteiger partial charge in [-0.1, -0.05) is 53.8 Å². The van der Waals surface area contributed by atoms with Gasteiger partial charge in [-0.05, 0) is 17.7 Å². The Morgan fingerprint density at radius 3 is 2.46 bits per heavy atom. The average Bonchev–Trinajstić information content (AvgIpc) is 2.91. The van der Waals surface area contributed by atoms with Crippen molar-refractivity contribution in [1.82, 2.24) is 0 Å². The molecule has 0 radical (unpaired) electrons. The highest BCUT2D eigenvalue weighted by Crippen LogP contribution is 2.22. The molecule has 0 bridgehead atoms. The molecule has 0 amide bonds. The maximum atomic E-state index is 11.0. The van der Waals surface area contributed by atoms with E-state index in [9.17, 15) is 8.42 Å². The van der Waals surface area contributed by atoms with Gasteiger partial charge in [0.25, 0.3) is 15.1 Å². The fraction of sp³-hybridized carbons (Fsp3) is 0.167. The number of aryl methyl sites for hydroxylation is 1. The first kappa shape index (κ1) is 16.8. The Bertz CT molecular complexity index is 960. The van der Waals surface area contributed by atoms with Gasteiger partial charge in [-0.25, -0.2) is 0 Å². The van der Waals surface area contributed by atoms with Crippen molar-refractivity contribution in [2.24, 2.45) is 0 Å². The zero-order valence-corrected chi connectivity index (χ0v) is 14.6. The molecule has 24 heavy (non-hydrogen) atoms. The molecule has 124 valence electrons. The number of para-hydroxylation sites is 1. The van der Waals surface area contributed by atoms with E-state index in [1.165, 1.54) is 0 Å². The van der Waals surface area contributed by atoms with E-state index in [0.29, 0.717) is 13.0 Å². The van der Waals surface area contributed by atoms with Gasteiger partial charge in [0.2, 0.25) is 5.52 Å². The normalized spacial score (nSPS) is 12.2. The van der Waals surface area contributed by atoms with Crippen LogP contribution in [0.4, 0.5) is 0 Å². The largest absolute Gasteiger partial charge is 0.286 e. The van der Waals surface area contributed by atoms with E-state index in [-0.39, 0.29) is 5.75 Å². The van der Waals surface area contributed by atoms with Crippen LogP contribution in [0.3, 0.4) is 0 Å². The van der Waals surface area contributed by atoms with Crippen molar-refractivity contribution in [3.63, 3.8) is 0 Å². The van der Waals surface area contributed by atoms with E-state index in [1.807, 2.05) is 60.7 Å². The van der Waals surface area contributed by atoms with Crippen LogP contribution in [0.1, 0.15) is 17.0 Å². The highest BCUT2D eigenvalue weighted by atomic mass is 32.2. The van der Waals surface area contributed by atoms with Gasteiger partial charge >= 0.3 is 0 Å². The van der Waals surface area contributed by atoms with Crippen molar-refractivity contribution in [3.05, 3.63) is 65.2 Å². The Morgan fingerprint density at radius 2 is 1.71 bits per heavy atom. The summed E-state index contributed by atoms with van der Waals surface area (Å²) < 4.78 is 34.1. The molecule has 0 atom stereocenters. The summed E-state index contributed by atoms with van der Waals surface area (Å²) in [5.74, 6) is -0.230. The van der Waals surface area contributed by atoms with Gasteiger partial charge in [0.1, 0.15) is 4.70 Å². The van der Waals surface area contributed by atoms with E-state index < -0.39 is 10.1 Å². The number of rotatable bonds is 6. The van der Waals surface area contributed by atoms with Crippen LogP contribution in [0.15, 0.2) is 54.6 Å². The molecule has 0 fully saturated rings. The minimum absolute atomic E-state index is 0.230. The highest BCUT2D eigenvalue weighted by molar-refractivity contribution is 7.85. The molecule has 0 unspecified atom stereocenters. The second kappa shape index (κ2) is 7.25. The van der Waals surface area contributed by atoms with E-state index in [1.54, 1.807) is 11.3 Å². The smallest absolute Gasteiger partial charge is 0.265 e. The summed E-state index contributed by atoms with van der Waals surface area (Å²) in [5, 5.41) is 1.05. The zero-order valence-electron chi connectivity index (χ0n) is 13.0. The van der Waals surface area contributed by atoms with Crippen molar-refractivity contribution in [3.8, 4) is 0 Å². The van der Waals surface area contributed by atoms with E-state index in [4.69, 9.17) is 4.55 Å². The molecule has 0 saturated heterocycles. The lowest BCUT2D eigenvalue weighted by Gasteiger charge is -1.97. The number of benzene rings is 2. The molecule has 1 aromatic heterocycles. The maximum Gasteiger partial charge on any atom is 0.265 e. The topological polar surface area (TPSA) is 58.3 Å². The third-order valence-corrected chi connectivity index (χ3v) is 5.57. The van der Waals surface area contributed by atoms with Gasteiger partial charge in [-0.15, -0.1) is 0 Å². The predicted octanol–water partition coefficient (Wildman–Crippen LogP) is 3.64. The van der Waals surface area contributed by atoms with Crippen LogP contribution in [-0.4, -0.2) is 18.7 Å². The first-order valence-electron chi connectivity index (χ1n) is 7.62. The summed E-state index contributed by atoms with van der Waals surface area (Å²) in [6.07, 6.45) is 4.47. The molecular weight excluding hydrogens is 342 g/mol. The van der Waals surface area contributed by atoms with Gasteiger partial charge in [-0.2, -0.15) is 13.0 Å². The van der Waals surface area contributed by atoms with Gasteiger partial charge in [0.15, 0.2) is 6.54 Å². The molecule has 4 nitrogen and oxygen atoms in total. The van der Waals surface area contributed by atoms with Crippen LogP contribution in [0.2, 0.25) is 0 Å². The van der Waals surface area contributed by atoms with E-state index in [0.717, 1.165) is 20.8 Å². The molecule has 0 aliphatic rings. The predicted molar refractivity (Wildman–Crippen MR) is 98.4 cm³/mol. The van der Waals surface area contributed by atoms with Crippen LogP contribution in [-0.2, 0) is 16.7 Å². The fourth-order valence-electron chi connectivity index (χ4n) is 2.54. The van der Waals surface area contributed by atoms with Crippen LogP contribution in [0.25, 0.3) is 22.4 Å². The number of thiazole rings is 1. The van der Waals surface area contributed by atoms with Crippen molar-refractivity contribution < 1.29 is 17.5 Å². The summed E-state index contributed by atoms with van der Waals surface area (Å²) in [5.41, 5.74) is 2.19. The summed E-state index contributed by atoms with van der Waals surface area (Å²) in [7, 11) is -3.93. The Labute approximate surface area is 145 Å². The summed E-state index contributed by atoms with van der Waals surface area (Å²) in [4.78, 5) is 0. The summed E-state index contributed by atoms with van der Waals surface area (Å²) >= 11 is 1.67. The first-order valence-corrected chi connectivity index (χ1v) is 10.1. The van der Waals surface area contributed by atoms with Gasteiger partial charge in [0.05, 0.1) is 5.75 Å². The van der Waals surface area contributed by atoms with E-state index >= 15 is 0 Å². The molecule has 0 spiro atoms.